The Morgan fingerprint density at radius 2 is 1.59 bits per heavy atom. The smallest absolute Gasteiger partial charge is 0.261 e. The van der Waals surface area contributed by atoms with Gasteiger partial charge in [-0.1, -0.05) is 19.1 Å². The lowest BCUT2D eigenvalue weighted by Crippen LogP contribution is -2.37. The van der Waals surface area contributed by atoms with Crippen LogP contribution in [0.2, 0.25) is 0 Å². The zero-order valence-corrected chi connectivity index (χ0v) is 17.9. The van der Waals surface area contributed by atoms with E-state index in [9.17, 15) is 4.79 Å². The van der Waals surface area contributed by atoms with E-state index in [1.54, 1.807) is 26.2 Å². The van der Waals surface area contributed by atoms with E-state index in [0.717, 1.165) is 30.3 Å². The summed E-state index contributed by atoms with van der Waals surface area (Å²) in [6, 6.07) is 15.7. The summed E-state index contributed by atoms with van der Waals surface area (Å²) in [6.45, 7) is 8.31. The molecular formula is C24H32N2O3. The van der Waals surface area contributed by atoms with Crippen LogP contribution in [0.25, 0.3) is 0 Å². The van der Waals surface area contributed by atoms with Gasteiger partial charge < -0.3 is 19.7 Å². The molecule has 0 saturated carbocycles. The standard InChI is InChI=1S/C24H32N2O3/c1-17-13-15-26(16-14-17)21-7-5-20(6-8-21)18(2)25-24(27)19(3)29-23-11-9-22(28-4)10-12-23/h5-12,17-19H,13-16H2,1-4H3,(H,25,27)/t18-,19+/m0/s1. The molecule has 1 heterocycles. The lowest BCUT2D eigenvalue weighted by atomic mass is 9.98. The largest absolute Gasteiger partial charge is 0.497 e. The molecule has 1 fully saturated rings. The van der Waals surface area contributed by atoms with Crippen molar-refractivity contribution in [3.63, 3.8) is 0 Å². The van der Waals surface area contributed by atoms with Crippen molar-refractivity contribution in [2.24, 2.45) is 5.92 Å². The number of hydrogen-bond donors (Lipinski definition) is 1. The maximum Gasteiger partial charge on any atom is 0.261 e. The average Bonchev–Trinajstić information content (AvgIpc) is 2.75. The molecule has 2 aromatic rings. The van der Waals surface area contributed by atoms with E-state index >= 15 is 0 Å². The number of nitrogens with one attached hydrogen (secondary N) is 1. The molecule has 0 bridgehead atoms. The van der Waals surface area contributed by atoms with Crippen LogP contribution < -0.4 is 19.7 Å². The van der Waals surface area contributed by atoms with Gasteiger partial charge in [0.1, 0.15) is 11.5 Å². The lowest BCUT2D eigenvalue weighted by Gasteiger charge is -2.32. The highest BCUT2D eigenvalue weighted by molar-refractivity contribution is 5.81. The highest BCUT2D eigenvalue weighted by Gasteiger charge is 2.19. The summed E-state index contributed by atoms with van der Waals surface area (Å²) in [5.74, 6) is 2.08. The van der Waals surface area contributed by atoms with Gasteiger partial charge in [0, 0.05) is 18.8 Å². The molecule has 156 valence electrons. The maximum absolute atomic E-state index is 12.5. The van der Waals surface area contributed by atoms with Gasteiger partial charge in [-0.15, -0.1) is 0 Å². The van der Waals surface area contributed by atoms with Crippen LogP contribution in [0.4, 0.5) is 5.69 Å². The number of methoxy groups -OCH3 is 1. The molecule has 3 rings (SSSR count). The van der Waals surface area contributed by atoms with E-state index in [2.05, 4.69) is 41.4 Å². The number of amides is 1. The number of carbonyl (C=O) groups excluding carboxylic acids is 1. The first-order valence-electron chi connectivity index (χ1n) is 10.4. The van der Waals surface area contributed by atoms with Crippen LogP contribution in [0.1, 0.15) is 45.2 Å². The Hall–Kier alpha value is -2.69. The molecule has 5 heteroatoms. The molecule has 1 N–H and O–H groups in total. The fourth-order valence-electron chi connectivity index (χ4n) is 3.57. The molecule has 1 aliphatic heterocycles. The third-order valence-corrected chi connectivity index (χ3v) is 5.64. The van der Waals surface area contributed by atoms with Crippen molar-refractivity contribution in [2.75, 3.05) is 25.1 Å². The Labute approximate surface area is 174 Å². The van der Waals surface area contributed by atoms with Gasteiger partial charge in [-0.25, -0.2) is 0 Å². The normalized spacial score (nSPS) is 16.8. The topological polar surface area (TPSA) is 50.8 Å². The molecule has 1 amide bonds. The number of nitrogens with zero attached hydrogens (tertiary/aromatic N) is 1. The lowest BCUT2D eigenvalue weighted by molar-refractivity contribution is -0.127. The zero-order chi connectivity index (χ0) is 20.8. The van der Waals surface area contributed by atoms with Gasteiger partial charge in [0.05, 0.1) is 13.2 Å². The number of benzene rings is 2. The van der Waals surface area contributed by atoms with Gasteiger partial charge in [-0.3, -0.25) is 4.79 Å². The highest BCUT2D eigenvalue weighted by Crippen LogP contribution is 2.25. The molecule has 2 atom stereocenters. The van der Waals surface area contributed by atoms with Crippen LogP contribution in [0, 0.1) is 5.92 Å². The van der Waals surface area contributed by atoms with Crippen LogP contribution in [-0.4, -0.2) is 32.2 Å². The van der Waals surface area contributed by atoms with Crippen molar-refractivity contribution >= 4 is 11.6 Å². The second kappa shape index (κ2) is 9.68. The van der Waals surface area contributed by atoms with Crippen LogP contribution in [0.5, 0.6) is 11.5 Å². The number of carbonyl (C=O) groups is 1. The molecular weight excluding hydrogens is 364 g/mol. The monoisotopic (exact) mass is 396 g/mol. The number of hydrogen-bond acceptors (Lipinski definition) is 4. The molecule has 1 saturated heterocycles. The van der Waals surface area contributed by atoms with Crippen molar-refractivity contribution in [1.29, 1.82) is 0 Å². The number of anilines is 1. The zero-order valence-electron chi connectivity index (χ0n) is 17.9. The molecule has 29 heavy (non-hydrogen) atoms. The van der Waals surface area contributed by atoms with Crippen LogP contribution in [0.3, 0.4) is 0 Å². The number of ether oxygens (including phenoxy) is 2. The predicted octanol–water partition coefficient (Wildman–Crippen LogP) is 4.58. The summed E-state index contributed by atoms with van der Waals surface area (Å²) < 4.78 is 10.9. The summed E-state index contributed by atoms with van der Waals surface area (Å²) in [5.41, 5.74) is 2.35. The second-order valence-electron chi connectivity index (χ2n) is 7.93. The van der Waals surface area contributed by atoms with E-state index < -0.39 is 6.10 Å². The summed E-state index contributed by atoms with van der Waals surface area (Å²) in [6.07, 6.45) is 1.92. The summed E-state index contributed by atoms with van der Waals surface area (Å²) in [4.78, 5) is 15.0. The second-order valence-corrected chi connectivity index (χ2v) is 7.93. The summed E-state index contributed by atoms with van der Waals surface area (Å²) >= 11 is 0. The summed E-state index contributed by atoms with van der Waals surface area (Å²) in [7, 11) is 1.62. The van der Waals surface area contributed by atoms with Crippen molar-refractivity contribution < 1.29 is 14.3 Å². The van der Waals surface area contributed by atoms with Gasteiger partial charge in [0.25, 0.3) is 5.91 Å². The fourth-order valence-corrected chi connectivity index (χ4v) is 3.57. The van der Waals surface area contributed by atoms with E-state index in [0.29, 0.717) is 5.75 Å². The van der Waals surface area contributed by atoms with Crippen molar-refractivity contribution in [3.05, 3.63) is 54.1 Å². The molecule has 0 unspecified atom stereocenters. The van der Waals surface area contributed by atoms with E-state index in [-0.39, 0.29) is 11.9 Å². The Bertz CT molecular complexity index is 781. The molecule has 0 radical (unpaired) electrons. The fraction of sp³-hybridized carbons (Fsp3) is 0.458. The quantitative estimate of drug-likeness (QED) is 0.744. The SMILES string of the molecule is COc1ccc(O[C@H](C)C(=O)N[C@@H](C)c2ccc(N3CCC(C)CC3)cc2)cc1. The van der Waals surface area contributed by atoms with Crippen molar-refractivity contribution in [2.45, 2.75) is 45.8 Å². The first kappa shape index (κ1) is 21.0. The predicted molar refractivity (Wildman–Crippen MR) is 117 cm³/mol. The van der Waals surface area contributed by atoms with Crippen molar-refractivity contribution in [1.82, 2.24) is 5.32 Å². The van der Waals surface area contributed by atoms with Crippen molar-refractivity contribution in [3.8, 4) is 11.5 Å². The van der Waals surface area contributed by atoms with Gasteiger partial charge >= 0.3 is 0 Å². The minimum absolute atomic E-state index is 0.0835. The summed E-state index contributed by atoms with van der Waals surface area (Å²) in [5, 5.41) is 3.04. The molecule has 0 aromatic heterocycles. The highest BCUT2D eigenvalue weighted by atomic mass is 16.5. The molecule has 5 nitrogen and oxygen atoms in total. The van der Waals surface area contributed by atoms with Gasteiger partial charge in [-0.2, -0.15) is 0 Å². The molecule has 2 aromatic carbocycles. The number of rotatable bonds is 7. The van der Waals surface area contributed by atoms with Gasteiger partial charge in [-0.05, 0) is 74.6 Å². The van der Waals surface area contributed by atoms with Gasteiger partial charge in [0.15, 0.2) is 6.10 Å². The Balaban J connectivity index is 1.53. The van der Waals surface area contributed by atoms with Crippen LogP contribution in [-0.2, 0) is 4.79 Å². The first-order chi connectivity index (χ1) is 14.0. The van der Waals surface area contributed by atoms with E-state index in [1.165, 1.54) is 18.5 Å². The Morgan fingerprint density at radius 1 is 1.00 bits per heavy atom. The van der Waals surface area contributed by atoms with Crippen LogP contribution in [0.15, 0.2) is 48.5 Å². The van der Waals surface area contributed by atoms with E-state index in [4.69, 9.17) is 9.47 Å². The number of piperidine rings is 1. The van der Waals surface area contributed by atoms with Gasteiger partial charge in [0.2, 0.25) is 0 Å². The first-order valence-corrected chi connectivity index (χ1v) is 10.4. The average molecular weight is 397 g/mol. The molecule has 1 aliphatic rings. The third kappa shape index (κ3) is 5.66. The molecule has 0 spiro atoms. The Morgan fingerprint density at radius 3 is 2.17 bits per heavy atom. The maximum atomic E-state index is 12.5. The third-order valence-electron chi connectivity index (χ3n) is 5.64. The minimum Gasteiger partial charge on any atom is -0.497 e. The van der Waals surface area contributed by atoms with Crippen LogP contribution >= 0.6 is 0 Å². The minimum atomic E-state index is -0.583. The molecule has 0 aliphatic carbocycles. The van der Waals surface area contributed by atoms with E-state index in [1.807, 2.05) is 19.1 Å². The Kier molecular flexibility index (Phi) is 7.02.